The summed E-state index contributed by atoms with van der Waals surface area (Å²) in [5.74, 6) is 2.59. The van der Waals surface area contributed by atoms with E-state index in [2.05, 4.69) is 78.7 Å². The summed E-state index contributed by atoms with van der Waals surface area (Å²) in [6, 6.07) is 25.5. The Hall–Kier alpha value is -2.87. The summed E-state index contributed by atoms with van der Waals surface area (Å²) < 4.78 is 25.8. The third-order valence-electron chi connectivity index (χ3n) is 6.58. The van der Waals surface area contributed by atoms with Gasteiger partial charge in [-0.1, -0.05) is 54.6 Å². The Labute approximate surface area is 218 Å². The van der Waals surface area contributed by atoms with Crippen molar-refractivity contribution in [2.75, 3.05) is 41.0 Å². The van der Waals surface area contributed by atoms with E-state index < -0.39 is 7.82 Å². The number of likely N-dealkylation sites (N-methyl/N-ethyl adjacent to an activating group) is 1. The maximum absolute atomic E-state index is 8.88. The van der Waals surface area contributed by atoms with Crippen molar-refractivity contribution in [1.82, 2.24) is 4.90 Å². The molecule has 0 amide bonds. The minimum atomic E-state index is -4.64. The van der Waals surface area contributed by atoms with Crippen LogP contribution in [0.15, 0.2) is 72.8 Å². The van der Waals surface area contributed by atoms with Crippen LogP contribution in [0.5, 0.6) is 17.2 Å². The number of nitrogens with zero attached hydrogens (tertiary/aromatic N) is 1. The molecule has 0 aliphatic carbocycles. The molecule has 0 aromatic heterocycles. The summed E-state index contributed by atoms with van der Waals surface area (Å²) in [6.07, 6.45) is 3.15. The Kier molecular flexibility index (Phi) is 10.1. The van der Waals surface area contributed by atoms with Gasteiger partial charge in [0.25, 0.3) is 0 Å². The summed E-state index contributed by atoms with van der Waals surface area (Å²) in [5.41, 5.74) is 3.85. The molecule has 8 nitrogen and oxygen atoms in total. The number of hydrogen-bond donors (Lipinski definition) is 3. The Morgan fingerprint density at radius 2 is 1.57 bits per heavy atom. The lowest BCUT2D eigenvalue weighted by molar-refractivity contribution is 0.263. The summed E-state index contributed by atoms with van der Waals surface area (Å²) in [5, 5.41) is 0. The number of fused-ring (bicyclic) bond motifs is 1. The molecule has 4 rings (SSSR count). The van der Waals surface area contributed by atoms with Crippen LogP contribution in [0.3, 0.4) is 0 Å². The van der Waals surface area contributed by atoms with Gasteiger partial charge in [-0.15, -0.1) is 0 Å². The second kappa shape index (κ2) is 13.1. The normalized spacial score (nSPS) is 16.4. The SMILES string of the molecule is COc1ccc(CCN(C)CCCC2(c3ccccc3)COc3ccccc32)cc1OC.O=P(O)(O)O. The molecule has 0 radical (unpaired) electrons. The number of phosphoric acid groups is 1. The van der Waals surface area contributed by atoms with Gasteiger partial charge in [0.1, 0.15) is 12.4 Å². The third kappa shape index (κ3) is 8.06. The van der Waals surface area contributed by atoms with Crippen molar-refractivity contribution >= 4 is 7.82 Å². The highest BCUT2D eigenvalue weighted by Gasteiger charge is 2.41. The number of benzene rings is 3. The average molecular weight is 530 g/mol. The van der Waals surface area contributed by atoms with Crippen LogP contribution in [0.25, 0.3) is 0 Å². The van der Waals surface area contributed by atoms with Crippen molar-refractivity contribution in [3.8, 4) is 17.2 Å². The standard InChI is InChI=1S/C28H33NO3.H3O4P/c1-29(19-16-22-14-15-26(30-2)27(20-22)31-3)18-9-17-28(23-10-5-4-6-11-23)21-32-25-13-8-7-12-24(25)28;1-5(2,3)4/h4-8,10-15,20H,9,16-19,21H2,1-3H3;(H3,1,2,3,4). The first-order valence-corrected chi connectivity index (χ1v) is 13.7. The van der Waals surface area contributed by atoms with Crippen molar-refractivity contribution in [1.29, 1.82) is 0 Å². The van der Waals surface area contributed by atoms with Gasteiger partial charge < -0.3 is 33.8 Å². The molecule has 3 aromatic rings. The Morgan fingerprint density at radius 3 is 2.24 bits per heavy atom. The minimum Gasteiger partial charge on any atom is -0.493 e. The first-order valence-electron chi connectivity index (χ1n) is 12.1. The maximum Gasteiger partial charge on any atom is 0.466 e. The fourth-order valence-electron chi connectivity index (χ4n) is 4.73. The van der Waals surface area contributed by atoms with Gasteiger partial charge in [0.05, 0.1) is 19.6 Å². The maximum atomic E-state index is 8.88. The predicted octanol–water partition coefficient (Wildman–Crippen LogP) is 4.41. The van der Waals surface area contributed by atoms with Crippen LogP contribution < -0.4 is 14.2 Å². The van der Waals surface area contributed by atoms with Crippen LogP contribution >= 0.6 is 7.82 Å². The number of rotatable bonds is 10. The predicted molar refractivity (Wildman–Crippen MR) is 143 cm³/mol. The molecule has 1 atom stereocenters. The first-order chi connectivity index (χ1) is 17.7. The van der Waals surface area contributed by atoms with E-state index in [9.17, 15) is 0 Å². The molecule has 0 saturated carbocycles. The van der Waals surface area contributed by atoms with Crippen molar-refractivity contribution in [3.63, 3.8) is 0 Å². The molecule has 37 heavy (non-hydrogen) atoms. The van der Waals surface area contributed by atoms with E-state index in [0.29, 0.717) is 6.61 Å². The zero-order valence-electron chi connectivity index (χ0n) is 21.5. The molecule has 1 aliphatic heterocycles. The van der Waals surface area contributed by atoms with Crippen molar-refractivity contribution < 1.29 is 33.5 Å². The van der Waals surface area contributed by atoms with Crippen LogP contribution in [0, 0.1) is 0 Å². The van der Waals surface area contributed by atoms with Gasteiger partial charge in [-0.05, 0) is 62.2 Å². The quantitative estimate of drug-likeness (QED) is 0.332. The molecule has 0 saturated heterocycles. The van der Waals surface area contributed by atoms with Gasteiger partial charge in [0.2, 0.25) is 0 Å². The highest BCUT2D eigenvalue weighted by Crippen LogP contribution is 2.46. The number of hydrogen-bond acceptors (Lipinski definition) is 5. The average Bonchev–Trinajstić information content (AvgIpc) is 3.26. The molecule has 0 spiro atoms. The molecule has 0 bridgehead atoms. The van der Waals surface area contributed by atoms with Crippen LogP contribution in [-0.4, -0.2) is 60.5 Å². The number of para-hydroxylation sites is 1. The van der Waals surface area contributed by atoms with Gasteiger partial charge in [-0.3, -0.25) is 0 Å². The van der Waals surface area contributed by atoms with Crippen molar-refractivity contribution in [2.45, 2.75) is 24.7 Å². The highest BCUT2D eigenvalue weighted by molar-refractivity contribution is 7.45. The van der Waals surface area contributed by atoms with Crippen molar-refractivity contribution in [3.05, 3.63) is 89.5 Å². The largest absolute Gasteiger partial charge is 0.493 e. The van der Waals surface area contributed by atoms with E-state index in [4.69, 9.17) is 33.5 Å². The molecule has 1 heterocycles. The fraction of sp³-hybridized carbons (Fsp3) is 0.357. The van der Waals surface area contributed by atoms with E-state index in [1.807, 2.05) is 6.07 Å². The summed E-state index contributed by atoms with van der Waals surface area (Å²) in [4.78, 5) is 24.0. The van der Waals surface area contributed by atoms with Gasteiger partial charge in [0.15, 0.2) is 11.5 Å². The molecule has 200 valence electrons. The summed E-state index contributed by atoms with van der Waals surface area (Å²) in [6.45, 7) is 2.76. The zero-order chi connectivity index (χ0) is 26.9. The smallest absolute Gasteiger partial charge is 0.466 e. The van der Waals surface area contributed by atoms with E-state index in [-0.39, 0.29) is 5.41 Å². The van der Waals surface area contributed by atoms with Crippen LogP contribution in [-0.2, 0) is 16.4 Å². The number of ether oxygens (including phenoxy) is 3. The lowest BCUT2D eigenvalue weighted by Gasteiger charge is -2.30. The topological polar surface area (TPSA) is 109 Å². The van der Waals surface area contributed by atoms with Crippen LogP contribution in [0.2, 0.25) is 0 Å². The molecular weight excluding hydrogens is 493 g/mol. The Bertz CT molecular complexity index is 1180. The van der Waals surface area contributed by atoms with E-state index >= 15 is 0 Å². The van der Waals surface area contributed by atoms with Gasteiger partial charge >= 0.3 is 7.82 Å². The lowest BCUT2D eigenvalue weighted by Crippen LogP contribution is -2.31. The first kappa shape index (κ1) is 28.7. The number of methoxy groups -OCH3 is 2. The Morgan fingerprint density at radius 1 is 0.919 bits per heavy atom. The second-order valence-electron chi connectivity index (χ2n) is 9.09. The van der Waals surface area contributed by atoms with Crippen molar-refractivity contribution in [2.24, 2.45) is 0 Å². The fourth-order valence-corrected chi connectivity index (χ4v) is 4.73. The molecule has 3 aromatic carbocycles. The molecular formula is C28H36NO7P. The van der Waals surface area contributed by atoms with E-state index in [0.717, 1.165) is 49.6 Å². The minimum absolute atomic E-state index is 0.0674. The second-order valence-corrected chi connectivity index (χ2v) is 10.1. The third-order valence-corrected chi connectivity index (χ3v) is 6.58. The summed E-state index contributed by atoms with van der Waals surface area (Å²) >= 11 is 0. The molecule has 1 unspecified atom stereocenters. The highest BCUT2D eigenvalue weighted by atomic mass is 31.2. The molecule has 1 aliphatic rings. The molecule has 3 N–H and O–H groups in total. The molecule has 0 fully saturated rings. The Balaban J connectivity index is 0.000000695. The summed E-state index contributed by atoms with van der Waals surface area (Å²) in [7, 11) is 0.914. The van der Waals surface area contributed by atoms with Crippen LogP contribution in [0.1, 0.15) is 29.5 Å². The molecule has 9 heteroatoms. The zero-order valence-corrected chi connectivity index (χ0v) is 22.4. The lowest BCUT2D eigenvalue weighted by atomic mass is 9.73. The van der Waals surface area contributed by atoms with Gasteiger partial charge in [-0.2, -0.15) is 0 Å². The van der Waals surface area contributed by atoms with Gasteiger partial charge in [-0.25, -0.2) is 4.57 Å². The van der Waals surface area contributed by atoms with Crippen LogP contribution in [0.4, 0.5) is 0 Å². The van der Waals surface area contributed by atoms with E-state index in [1.165, 1.54) is 16.7 Å². The van der Waals surface area contributed by atoms with E-state index in [1.54, 1.807) is 14.2 Å². The van der Waals surface area contributed by atoms with Gasteiger partial charge in [0, 0.05) is 12.1 Å². The monoisotopic (exact) mass is 529 g/mol.